The summed E-state index contributed by atoms with van der Waals surface area (Å²) in [6.45, 7) is 0. The predicted molar refractivity (Wildman–Crippen MR) is 106 cm³/mol. The molecule has 0 amide bonds. The Bertz CT molecular complexity index is 1100. The van der Waals surface area contributed by atoms with Crippen molar-refractivity contribution in [1.29, 1.82) is 0 Å². The molecule has 0 aliphatic carbocycles. The highest BCUT2D eigenvalue weighted by Crippen LogP contribution is 2.30. The van der Waals surface area contributed by atoms with E-state index in [0.717, 1.165) is 16.8 Å². The molecule has 0 aliphatic heterocycles. The van der Waals surface area contributed by atoms with Gasteiger partial charge in [-0.05, 0) is 12.1 Å². The first-order chi connectivity index (χ1) is 13.7. The quantitative estimate of drug-likeness (QED) is 0.474. The molecule has 1 N–H and O–H groups in total. The summed E-state index contributed by atoms with van der Waals surface area (Å²) in [6.07, 6.45) is 0. The Hall–Kier alpha value is -3.45. The number of carboxylic acids is 1. The van der Waals surface area contributed by atoms with E-state index in [9.17, 15) is 4.79 Å². The Kier molecular flexibility index (Phi) is 5.16. The van der Waals surface area contributed by atoms with Crippen LogP contribution in [0.1, 0.15) is 16.3 Å². The molecule has 0 aliphatic rings. The fourth-order valence-electron chi connectivity index (χ4n) is 2.67. The first-order valence-electron chi connectivity index (χ1n) is 8.51. The number of nitrogens with zero attached hydrogens (tertiary/aromatic N) is 3. The summed E-state index contributed by atoms with van der Waals surface area (Å²) in [5.41, 5.74) is 3.34. The van der Waals surface area contributed by atoms with Crippen LogP contribution >= 0.6 is 11.8 Å². The molecular weight excluding hydrogens is 374 g/mol. The van der Waals surface area contributed by atoms with Gasteiger partial charge in [0.1, 0.15) is 17.1 Å². The Labute approximate surface area is 165 Å². The number of benzene rings is 2. The van der Waals surface area contributed by atoms with Crippen molar-refractivity contribution < 1.29 is 14.3 Å². The summed E-state index contributed by atoms with van der Waals surface area (Å²) in [5, 5.41) is 18.1. The summed E-state index contributed by atoms with van der Waals surface area (Å²) in [6, 6.07) is 22.7. The van der Waals surface area contributed by atoms with E-state index in [0.29, 0.717) is 22.4 Å². The van der Waals surface area contributed by atoms with Crippen LogP contribution in [0.25, 0.3) is 22.5 Å². The summed E-state index contributed by atoms with van der Waals surface area (Å²) >= 11 is 1.34. The van der Waals surface area contributed by atoms with E-state index < -0.39 is 5.97 Å². The van der Waals surface area contributed by atoms with Gasteiger partial charge in [-0.1, -0.05) is 72.4 Å². The van der Waals surface area contributed by atoms with Gasteiger partial charge in [-0.25, -0.2) is 9.78 Å². The molecule has 2 aromatic heterocycles. The van der Waals surface area contributed by atoms with Crippen LogP contribution in [0.2, 0.25) is 0 Å². The second-order valence-electron chi connectivity index (χ2n) is 5.88. The van der Waals surface area contributed by atoms with E-state index in [2.05, 4.69) is 10.2 Å². The van der Waals surface area contributed by atoms with Crippen LogP contribution in [0.15, 0.2) is 82.4 Å². The lowest BCUT2D eigenvalue weighted by atomic mass is 10.0. The fraction of sp³-hybridized carbons (Fsp3) is 0.0476. The van der Waals surface area contributed by atoms with Gasteiger partial charge < -0.3 is 9.52 Å². The summed E-state index contributed by atoms with van der Waals surface area (Å²) < 4.78 is 5.28. The Morgan fingerprint density at radius 3 is 2.11 bits per heavy atom. The van der Waals surface area contributed by atoms with Gasteiger partial charge in [0.2, 0.25) is 10.9 Å². The lowest BCUT2D eigenvalue weighted by Crippen LogP contribution is -1.99. The van der Waals surface area contributed by atoms with E-state index in [1.807, 2.05) is 60.7 Å². The zero-order valence-electron chi connectivity index (χ0n) is 14.6. The molecule has 2 heterocycles. The van der Waals surface area contributed by atoms with Gasteiger partial charge in [-0.3, -0.25) is 0 Å². The number of hydrogen-bond acceptors (Lipinski definition) is 6. The fourth-order valence-corrected chi connectivity index (χ4v) is 3.35. The number of furan rings is 1. The maximum atomic E-state index is 10.9. The minimum Gasteiger partial charge on any atom is -0.475 e. The number of carboxylic acid groups (broad SMARTS) is 1. The molecule has 0 fully saturated rings. The normalized spacial score (nSPS) is 10.7. The maximum Gasteiger partial charge on any atom is 0.371 e. The lowest BCUT2D eigenvalue weighted by Gasteiger charge is -2.09. The third kappa shape index (κ3) is 3.94. The topological polar surface area (TPSA) is 89.1 Å². The predicted octanol–water partition coefficient (Wildman–Crippen LogP) is 4.79. The molecule has 0 saturated heterocycles. The standard InChI is InChI=1S/C21H15N3O3S/c25-20(26)17-12-11-16(27-17)13-28-21-22-18(14-7-3-1-4-8-14)19(23-24-21)15-9-5-2-6-10-15/h1-12H,13H2,(H,25,26). The van der Waals surface area contributed by atoms with Crippen LogP contribution in [0, 0.1) is 0 Å². The van der Waals surface area contributed by atoms with E-state index in [4.69, 9.17) is 14.5 Å². The molecule has 0 spiro atoms. The number of thioether (sulfide) groups is 1. The van der Waals surface area contributed by atoms with Crippen LogP contribution < -0.4 is 0 Å². The minimum absolute atomic E-state index is 0.0842. The molecule has 7 heteroatoms. The van der Waals surface area contributed by atoms with Crippen molar-refractivity contribution in [1.82, 2.24) is 15.2 Å². The summed E-state index contributed by atoms with van der Waals surface area (Å²) in [7, 11) is 0. The van der Waals surface area contributed by atoms with Crippen molar-refractivity contribution in [3.05, 3.63) is 84.3 Å². The van der Waals surface area contributed by atoms with E-state index in [-0.39, 0.29) is 5.76 Å². The van der Waals surface area contributed by atoms with Gasteiger partial charge in [0.25, 0.3) is 0 Å². The average molecular weight is 389 g/mol. The van der Waals surface area contributed by atoms with Gasteiger partial charge >= 0.3 is 5.97 Å². The molecular formula is C21H15N3O3S. The van der Waals surface area contributed by atoms with Crippen LogP contribution in [0.4, 0.5) is 0 Å². The van der Waals surface area contributed by atoms with E-state index in [1.54, 1.807) is 6.07 Å². The molecule has 0 unspecified atom stereocenters. The first-order valence-corrected chi connectivity index (χ1v) is 9.49. The van der Waals surface area contributed by atoms with Crippen molar-refractivity contribution in [2.24, 2.45) is 0 Å². The number of carbonyl (C=O) groups is 1. The molecule has 0 saturated carbocycles. The monoisotopic (exact) mass is 389 g/mol. The second-order valence-corrected chi connectivity index (χ2v) is 6.83. The molecule has 0 bridgehead atoms. The van der Waals surface area contributed by atoms with Gasteiger partial charge in [-0.15, -0.1) is 10.2 Å². The molecule has 4 aromatic rings. The van der Waals surface area contributed by atoms with Crippen LogP contribution in [-0.4, -0.2) is 26.3 Å². The number of aromatic carboxylic acids is 1. The zero-order chi connectivity index (χ0) is 19.3. The Balaban J connectivity index is 1.65. The molecule has 6 nitrogen and oxygen atoms in total. The van der Waals surface area contributed by atoms with Crippen molar-refractivity contribution in [2.75, 3.05) is 0 Å². The Morgan fingerprint density at radius 2 is 1.50 bits per heavy atom. The number of aromatic nitrogens is 3. The molecule has 4 rings (SSSR count). The maximum absolute atomic E-state index is 10.9. The summed E-state index contributed by atoms with van der Waals surface area (Å²) in [4.78, 5) is 15.6. The summed E-state index contributed by atoms with van der Waals surface area (Å²) in [5.74, 6) is -0.223. The van der Waals surface area contributed by atoms with Crippen molar-refractivity contribution >= 4 is 17.7 Å². The van der Waals surface area contributed by atoms with Gasteiger partial charge in [0, 0.05) is 11.1 Å². The zero-order valence-corrected chi connectivity index (χ0v) is 15.5. The minimum atomic E-state index is -1.09. The highest BCUT2D eigenvalue weighted by atomic mass is 32.2. The van der Waals surface area contributed by atoms with Crippen LogP contribution in [0.5, 0.6) is 0 Å². The second kappa shape index (κ2) is 8.06. The van der Waals surface area contributed by atoms with Crippen molar-refractivity contribution in [3.8, 4) is 22.5 Å². The van der Waals surface area contributed by atoms with Crippen LogP contribution in [0.3, 0.4) is 0 Å². The average Bonchev–Trinajstić information content (AvgIpc) is 3.23. The third-order valence-electron chi connectivity index (χ3n) is 3.98. The molecule has 2 aromatic carbocycles. The van der Waals surface area contributed by atoms with Crippen molar-refractivity contribution in [3.63, 3.8) is 0 Å². The third-order valence-corrected chi connectivity index (χ3v) is 4.84. The van der Waals surface area contributed by atoms with Crippen molar-refractivity contribution in [2.45, 2.75) is 10.9 Å². The van der Waals surface area contributed by atoms with E-state index >= 15 is 0 Å². The molecule has 138 valence electrons. The van der Waals surface area contributed by atoms with Gasteiger partial charge in [0.05, 0.1) is 5.75 Å². The van der Waals surface area contributed by atoms with Crippen LogP contribution in [-0.2, 0) is 5.75 Å². The first kappa shape index (κ1) is 17.9. The molecule has 28 heavy (non-hydrogen) atoms. The van der Waals surface area contributed by atoms with E-state index in [1.165, 1.54) is 17.8 Å². The molecule has 0 radical (unpaired) electrons. The Morgan fingerprint density at radius 1 is 0.857 bits per heavy atom. The lowest BCUT2D eigenvalue weighted by molar-refractivity contribution is 0.0661. The smallest absolute Gasteiger partial charge is 0.371 e. The van der Waals surface area contributed by atoms with Gasteiger partial charge in [0.15, 0.2) is 0 Å². The number of rotatable bonds is 6. The number of hydrogen-bond donors (Lipinski definition) is 1. The largest absolute Gasteiger partial charge is 0.475 e. The van der Waals surface area contributed by atoms with Gasteiger partial charge in [-0.2, -0.15) is 0 Å². The molecule has 0 atom stereocenters. The highest BCUT2D eigenvalue weighted by Gasteiger charge is 2.15. The highest BCUT2D eigenvalue weighted by molar-refractivity contribution is 7.98. The SMILES string of the molecule is O=C(O)c1ccc(CSc2nnc(-c3ccccc3)c(-c3ccccc3)n2)o1.